The van der Waals surface area contributed by atoms with Crippen molar-refractivity contribution in [1.82, 2.24) is 0 Å². The average Bonchev–Trinajstić information content (AvgIpc) is 2.54. The van der Waals surface area contributed by atoms with Gasteiger partial charge in [-0.25, -0.2) is 0 Å². The fraction of sp³-hybridized carbons (Fsp3) is 0.917. The molecule has 1 saturated heterocycles. The van der Waals surface area contributed by atoms with Gasteiger partial charge in [0.25, 0.3) is 0 Å². The number of rotatable bonds is 6. The molecule has 0 aliphatic carbocycles. The van der Waals surface area contributed by atoms with Crippen molar-refractivity contribution >= 4 is 5.97 Å². The minimum Gasteiger partial charge on any atom is -0.466 e. The van der Waals surface area contributed by atoms with Crippen LogP contribution in [0.4, 0.5) is 0 Å². The molecule has 0 amide bonds. The maximum atomic E-state index is 11.2. The molecule has 0 aromatic carbocycles. The third kappa shape index (κ3) is 4.61. The predicted octanol–water partition coefficient (Wildman–Crippen LogP) is 1.20. The van der Waals surface area contributed by atoms with E-state index >= 15 is 0 Å². The van der Waals surface area contributed by atoms with Gasteiger partial charge in [-0.2, -0.15) is 0 Å². The molecule has 0 spiro atoms. The van der Waals surface area contributed by atoms with Crippen LogP contribution in [0.15, 0.2) is 0 Å². The van der Waals surface area contributed by atoms with Crippen molar-refractivity contribution in [2.75, 3.05) is 13.2 Å². The fourth-order valence-corrected chi connectivity index (χ4v) is 2.03. The van der Waals surface area contributed by atoms with Gasteiger partial charge in [0.15, 0.2) is 5.79 Å². The molecule has 2 unspecified atom stereocenters. The summed E-state index contributed by atoms with van der Waals surface area (Å²) in [6.45, 7) is 6.43. The van der Waals surface area contributed by atoms with Crippen LogP contribution < -0.4 is 5.73 Å². The second-order valence-electron chi connectivity index (χ2n) is 4.65. The lowest BCUT2D eigenvalue weighted by Crippen LogP contribution is -2.30. The van der Waals surface area contributed by atoms with E-state index in [9.17, 15) is 4.79 Å². The zero-order chi connectivity index (χ0) is 12.9. The van der Waals surface area contributed by atoms with Crippen LogP contribution in [-0.2, 0) is 19.0 Å². The minimum atomic E-state index is -0.571. The second kappa shape index (κ2) is 6.33. The van der Waals surface area contributed by atoms with Crippen molar-refractivity contribution in [3.63, 3.8) is 0 Å². The summed E-state index contributed by atoms with van der Waals surface area (Å²) in [7, 11) is 0. The van der Waals surface area contributed by atoms with E-state index in [1.54, 1.807) is 6.92 Å². The van der Waals surface area contributed by atoms with Gasteiger partial charge in [-0.05, 0) is 33.6 Å². The second-order valence-corrected chi connectivity index (χ2v) is 4.65. The first-order valence-electron chi connectivity index (χ1n) is 6.20. The van der Waals surface area contributed by atoms with Gasteiger partial charge in [0.2, 0.25) is 0 Å². The van der Waals surface area contributed by atoms with E-state index < -0.39 is 5.79 Å². The number of hydrogen-bond acceptors (Lipinski definition) is 5. The summed E-state index contributed by atoms with van der Waals surface area (Å²) in [5.74, 6) is -0.728. The Balaban J connectivity index is 2.29. The first kappa shape index (κ1) is 14.4. The quantitative estimate of drug-likeness (QED) is 0.712. The topological polar surface area (TPSA) is 70.8 Å². The highest BCUT2D eigenvalue weighted by Crippen LogP contribution is 2.30. The smallest absolute Gasteiger partial charge is 0.305 e. The van der Waals surface area contributed by atoms with Crippen LogP contribution >= 0.6 is 0 Å². The Morgan fingerprint density at radius 1 is 1.35 bits per heavy atom. The van der Waals surface area contributed by atoms with Crippen LogP contribution in [0.2, 0.25) is 0 Å². The standard InChI is InChI=1S/C12H23NO4/c1-4-15-11(14)7-5-6-9-10(8-13)17-12(2,3)16-9/h9-10H,4-8,13H2,1-3H3. The maximum absolute atomic E-state index is 11.2. The number of esters is 1. The fourth-order valence-electron chi connectivity index (χ4n) is 2.03. The van der Waals surface area contributed by atoms with Gasteiger partial charge in [-0.3, -0.25) is 4.79 Å². The van der Waals surface area contributed by atoms with E-state index in [1.807, 2.05) is 13.8 Å². The molecule has 100 valence electrons. The third-order valence-corrected chi connectivity index (χ3v) is 2.69. The largest absolute Gasteiger partial charge is 0.466 e. The summed E-state index contributed by atoms with van der Waals surface area (Å²) >= 11 is 0. The van der Waals surface area contributed by atoms with Crippen LogP contribution in [0, 0.1) is 0 Å². The molecule has 0 radical (unpaired) electrons. The molecule has 2 N–H and O–H groups in total. The molecule has 5 heteroatoms. The zero-order valence-electron chi connectivity index (χ0n) is 10.9. The highest BCUT2D eigenvalue weighted by Gasteiger charge is 2.39. The van der Waals surface area contributed by atoms with Gasteiger partial charge in [0, 0.05) is 13.0 Å². The number of hydrogen-bond donors (Lipinski definition) is 1. The highest BCUT2D eigenvalue weighted by molar-refractivity contribution is 5.69. The predicted molar refractivity (Wildman–Crippen MR) is 63.4 cm³/mol. The van der Waals surface area contributed by atoms with Gasteiger partial charge < -0.3 is 19.9 Å². The van der Waals surface area contributed by atoms with Crippen molar-refractivity contribution in [2.45, 2.75) is 58.0 Å². The molecule has 1 heterocycles. The molecule has 1 aliphatic heterocycles. The first-order valence-corrected chi connectivity index (χ1v) is 6.20. The molecule has 0 bridgehead atoms. The molecule has 5 nitrogen and oxygen atoms in total. The van der Waals surface area contributed by atoms with Crippen molar-refractivity contribution < 1.29 is 19.0 Å². The van der Waals surface area contributed by atoms with Crippen LogP contribution in [0.3, 0.4) is 0 Å². The van der Waals surface area contributed by atoms with Crippen molar-refractivity contribution in [2.24, 2.45) is 5.73 Å². The van der Waals surface area contributed by atoms with E-state index in [2.05, 4.69) is 0 Å². The molecule has 1 fully saturated rings. The molecule has 0 aromatic rings. The third-order valence-electron chi connectivity index (χ3n) is 2.69. The summed E-state index contributed by atoms with van der Waals surface area (Å²) in [5, 5.41) is 0. The Bertz CT molecular complexity index is 255. The highest BCUT2D eigenvalue weighted by atomic mass is 16.7. The molecular weight excluding hydrogens is 222 g/mol. The number of ether oxygens (including phenoxy) is 3. The summed E-state index contributed by atoms with van der Waals surface area (Å²) < 4.78 is 16.3. The van der Waals surface area contributed by atoms with Crippen molar-refractivity contribution in [3.8, 4) is 0 Å². The number of carbonyl (C=O) groups excluding carboxylic acids is 1. The Labute approximate surface area is 103 Å². The number of carbonyl (C=O) groups is 1. The van der Waals surface area contributed by atoms with E-state index in [4.69, 9.17) is 19.9 Å². The van der Waals surface area contributed by atoms with Crippen LogP contribution in [0.5, 0.6) is 0 Å². The van der Waals surface area contributed by atoms with Crippen LogP contribution in [-0.4, -0.2) is 37.1 Å². The van der Waals surface area contributed by atoms with Gasteiger partial charge in [-0.15, -0.1) is 0 Å². The van der Waals surface area contributed by atoms with Crippen molar-refractivity contribution in [3.05, 3.63) is 0 Å². The normalized spacial score (nSPS) is 27.1. The lowest BCUT2D eigenvalue weighted by Gasteiger charge is -2.16. The molecule has 2 atom stereocenters. The Hall–Kier alpha value is -0.650. The molecule has 0 saturated carbocycles. The SMILES string of the molecule is CCOC(=O)CCCC1OC(C)(C)OC1CN. The van der Waals surface area contributed by atoms with Crippen LogP contribution in [0.25, 0.3) is 0 Å². The van der Waals surface area contributed by atoms with Gasteiger partial charge in [0.1, 0.15) is 0 Å². The Morgan fingerprint density at radius 2 is 2.00 bits per heavy atom. The summed E-state index contributed by atoms with van der Waals surface area (Å²) in [6, 6.07) is 0. The van der Waals surface area contributed by atoms with Gasteiger partial charge in [-0.1, -0.05) is 0 Å². The zero-order valence-corrected chi connectivity index (χ0v) is 10.9. The molecular formula is C12H23NO4. The summed E-state index contributed by atoms with van der Waals surface area (Å²) in [4.78, 5) is 11.2. The minimum absolute atomic E-state index is 0.0237. The van der Waals surface area contributed by atoms with Crippen LogP contribution in [0.1, 0.15) is 40.0 Å². The first-order chi connectivity index (χ1) is 7.98. The monoisotopic (exact) mass is 245 g/mol. The maximum Gasteiger partial charge on any atom is 0.305 e. The molecule has 1 rings (SSSR count). The molecule has 0 aromatic heterocycles. The molecule has 1 aliphatic rings. The number of nitrogens with two attached hydrogens (primary N) is 1. The van der Waals surface area contributed by atoms with E-state index in [1.165, 1.54) is 0 Å². The van der Waals surface area contributed by atoms with E-state index in [0.29, 0.717) is 19.6 Å². The Kier molecular flexibility index (Phi) is 5.36. The average molecular weight is 245 g/mol. The molecule has 17 heavy (non-hydrogen) atoms. The lowest BCUT2D eigenvalue weighted by atomic mass is 10.1. The summed E-state index contributed by atoms with van der Waals surface area (Å²) in [6.07, 6.45) is 1.83. The van der Waals surface area contributed by atoms with Gasteiger partial charge in [0.05, 0.1) is 18.8 Å². The van der Waals surface area contributed by atoms with E-state index in [-0.39, 0.29) is 18.2 Å². The van der Waals surface area contributed by atoms with Gasteiger partial charge >= 0.3 is 5.97 Å². The van der Waals surface area contributed by atoms with Crippen molar-refractivity contribution in [1.29, 1.82) is 0 Å². The lowest BCUT2D eigenvalue weighted by molar-refractivity contribution is -0.146. The summed E-state index contributed by atoms with van der Waals surface area (Å²) in [5.41, 5.74) is 5.63. The van der Waals surface area contributed by atoms with E-state index in [0.717, 1.165) is 12.8 Å². The Morgan fingerprint density at radius 3 is 2.59 bits per heavy atom.